The lowest BCUT2D eigenvalue weighted by atomic mass is 10.0. The Morgan fingerprint density at radius 1 is 1.22 bits per heavy atom. The van der Waals surface area contributed by atoms with Gasteiger partial charge in [-0.25, -0.2) is 0 Å². The van der Waals surface area contributed by atoms with Gasteiger partial charge in [-0.2, -0.15) is 0 Å². The summed E-state index contributed by atoms with van der Waals surface area (Å²) in [5.41, 5.74) is 5.19. The zero-order chi connectivity index (χ0) is 14.1. The molecule has 0 saturated carbocycles. The average Bonchev–Trinajstić information content (AvgIpc) is 2.25. The minimum Gasteiger partial charge on any atom is -0.466 e. The van der Waals surface area contributed by atoms with Gasteiger partial charge in [0.1, 0.15) is 6.04 Å². The van der Waals surface area contributed by atoms with Crippen LogP contribution in [-0.2, 0) is 19.1 Å². The van der Waals surface area contributed by atoms with Crippen molar-refractivity contribution in [1.29, 1.82) is 0 Å². The number of amides is 2. The lowest BCUT2D eigenvalue weighted by Gasteiger charge is -2.17. The third-order valence-corrected chi connectivity index (χ3v) is 2.25. The molecule has 18 heavy (non-hydrogen) atoms. The molecule has 0 aromatic rings. The van der Waals surface area contributed by atoms with Crippen LogP contribution in [-0.4, -0.2) is 30.4 Å². The number of hydrogen-bond donors (Lipinski definition) is 2. The third-order valence-electron chi connectivity index (χ3n) is 2.25. The van der Waals surface area contributed by atoms with Gasteiger partial charge in [0.2, 0.25) is 11.8 Å². The molecule has 6 nitrogen and oxygen atoms in total. The van der Waals surface area contributed by atoms with E-state index < -0.39 is 17.9 Å². The van der Waals surface area contributed by atoms with Gasteiger partial charge in [-0.3, -0.25) is 14.4 Å². The minimum absolute atomic E-state index is 0.000703. The van der Waals surface area contributed by atoms with Crippen LogP contribution in [0.25, 0.3) is 0 Å². The normalized spacial score (nSPS) is 12.0. The van der Waals surface area contributed by atoms with Gasteiger partial charge >= 0.3 is 5.97 Å². The van der Waals surface area contributed by atoms with Crippen LogP contribution < -0.4 is 11.1 Å². The van der Waals surface area contributed by atoms with E-state index in [1.807, 2.05) is 13.8 Å². The number of ether oxygens (including phenoxy) is 1. The van der Waals surface area contributed by atoms with E-state index in [0.29, 0.717) is 6.42 Å². The lowest BCUT2D eigenvalue weighted by Crippen LogP contribution is -2.45. The molecule has 0 spiro atoms. The first kappa shape index (κ1) is 16.4. The van der Waals surface area contributed by atoms with E-state index >= 15 is 0 Å². The summed E-state index contributed by atoms with van der Waals surface area (Å²) < 4.78 is 4.70. The van der Waals surface area contributed by atoms with E-state index in [1.54, 1.807) is 6.92 Å². The molecular weight excluding hydrogens is 236 g/mol. The Hall–Kier alpha value is -1.59. The van der Waals surface area contributed by atoms with E-state index in [-0.39, 0.29) is 31.3 Å². The molecule has 0 aliphatic carbocycles. The van der Waals surface area contributed by atoms with E-state index in [9.17, 15) is 14.4 Å². The van der Waals surface area contributed by atoms with Crippen molar-refractivity contribution in [2.45, 2.75) is 46.1 Å². The summed E-state index contributed by atoms with van der Waals surface area (Å²) in [6.07, 6.45) is 0.494. The minimum atomic E-state index is -0.681. The number of nitrogens with one attached hydrogen (secondary N) is 1. The van der Waals surface area contributed by atoms with E-state index in [1.165, 1.54) is 0 Å². The number of esters is 1. The van der Waals surface area contributed by atoms with Gasteiger partial charge in [-0.1, -0.05) is 13.8 Å². The average molecular weight is 258 g/mol. The first-order valence-corrected chi connectivity index (χ1v) is 6.11. The quantitative estimate of drug-likeness (QED) is 0.613. The molecule has 0 rings (SSSR count). The zero-order valence-corrected chi connectivity index (χ0v) is 11.2. The number of carbonyl (C=O) groups is 3. The van der Waals surface area contributed by atoms with Crippen LogP contribution in [0, 0.1) is 5.92 Å². The molecule has 0 aromatic heterocycles. The van der Waals surface area contributed by atoms with Crippen LogP contribution >= 0.6 is 0 Å². The summed E-state index contributed by atoms with van der Waals surface area (Å²) in [6.45, 7) is 5.85. The van der Waals surface area contributed by atoms with Crippen molar-refractivity contribution in [1.82, 2.24) is 5.32 Å². The fourth-order valence-corrected chi connectivity index (χ4v) is 1.43. The Morgan fingerprint density at radius 2 is 1.83 bits per heavy atom. The maximum absolute atomic E-state index is 11.5. The van der Waals surface area contributed by atoms with E-state index in [2.05, 4.69) is 5.32 Å². The molecule has 0 aromatic carbocycles. The molecule has 3 N–H and O–H groups in total. The van der Waals surface area contributed by atoms with Crippen molar-refractivity contribution in [3.05, 3.63) is 0 Å². The molecule has 0 fully saturated rings. The molecule has 0 unspecified atom stereocenters. The topological polar surface area (TPSA) is 98.5 Å². The molecule has 6 heteroatoms. The number of hydrogen-bond acceptors (Lipinski definition) is 4. The van der Waals surface area contributed by atoms with Crippen LogP contribution in [0.3, 0.4) is 0 Å². The Bertz CT molecular complexity index is 302. The van der Waals surface area contributed by atoms with Gasteiger partial charge in [0.25, 0.3) is 0 Å². The second-order valence-corrected chi connectivity index (χ2v) is 4.46. The standard InChI is InChI=1S/C12H22N2O4/c1-4-18-11(16)6-5-10(15)14-9(12(13)17)7-8(2)3/h8-9H,4-7H2,1-3H3,(H2,13,17)(H,14,15)/t9-/m0/s1. The SMILES string of the molecule is CCOC(=O)CCC(=O)N[C@@H](CC(C)C)C(N)=O. The van der Waals surface area contributed by atoms with Crippen molar-refractivity contribution in [2.24, 2.45) is 11.7 Å². The van der Waals surface area contributed by atoms with Crippen LogP contribution in [0.15, 0.2) is 0 Å². The molecule has 0 aliphatic heterocycles. The fourth-order valence-electron chi connectivity index (χ4n) is 1.43. The molecule has 1 atom stereocenters. The first-order chi connectivity index (χ1) is 8.36. The number of nitrogens with two attached hydrogens (primary N) is 1. The number of primary amides is 1. The lowest BCUT2D eigenvalue weighted by molar-refractivity contribution is -0.144. The van der Waals surface area contributed by atoms with Gasteiger partial charge < -0.3 is 15.8 Å². The molecule has 0 bridgehead atoms. The van der Waals surface area contributed by atoms with Crippen LogP contribution in [0.1, 0.15) is 40.0 Å². The predicted molar refractivity (Wildman–Crippen MR) is 66.4 cm³/mol. The highest BCUT2D eigenvalue weighted by atomic mass is 16.5. The van der Waals surface area contributed by atoms with Gasteiger partial charge in [0.05, 0.1) is 13.0 Å². The van der Waals surface area contributed by atoms with Crippen molar-refractivity contribution >= 4 is 17.8 Å². The Labute approximate surface area is 107 Å². The summed E-state index contributed by atoms with van der Waals surface area (Å²) in [4.78, 5) is 33.7. The zero-order valence-electron chi connectivity index (χ0n) is 11.2. The van der Waals surface area contributed by atoms with E-state index in [0.717, 1.165) is 0 Å². The predicted octanol–water partition coefficient (Wildman–Crippen LogP) is 0.346. The Morgan fingerprint density at radius 3 is 2.28 bits per heavy atom. The van der Waals surface area contributed by atoms with Gasteiger partial charge in [-0.15, -0.1) is 0 Å². The smallest absolute Gasteiger partial charge is 0.306 e. The molecule has 0 radical (unpaired) electrons. The second-order valence-electron chi connectivity index (χ2n) is 4.46. The molecule has 0 aliphatic rings. The summed E-state index contributed by atoms with van der Waals surface area (Å²) in [5.74, 6) is -1.11. The van der Waals surface area contributed by atoms with Crippen LogP contribution in [0.4, 0.5) is 0 Å². The third kappa shape index (κ3) is 7.65. The maximum Gasteiger partial charge on any atom is 0.306 e. The van der Waals surface area contributed by atoms with Gasteiger partial charge in [-0.05, 0) is 19.3 Å². The van der Waals surface area contributed by atoms with Crippen LogP contribution in [0.2, 0.25) is 0 Å². The first-order valence-electron chi connectivity index (χ1n) is 6.11. The Kier molecular flexibility index (Phi) is 7.74. The van der Waals surface area contributed by atoms with Crippen molar-refractivity contribution < 1.29 is 19.1 Å². The van der Waals surface area contributed by atoms with E-state index in [4.69, 9.17) is 10.5 Å². The highest BCUT2D eigenvalue weighted by Crippen LogP contribution is 2.05. The van der Waals surface area contributed by atoms with Crippen molar-refractivity contribution in [2.75, 3.05) is 6.61 Å². The number of carbonyl (C=O) groups excluding carboxylic acids is 3. The summed E-state index contributed by atoms with van der Waals surface area (Å²) >= 11 is 0. The van der Waals surface area contributed by atoms with Crippen LogP contribution in [0.5, 0.6) is 0 Å². The summed E-state index contributed by atoms with van der Waals surface area (Å²) in [7, 11) is 0. The number of rotatable bonds is 8. The largest absolute Gasteiger partial charge is 0.466 e. The molecule has 0 saturated heterocycles. The maximum atomic E-state index is 11.5. The Balaban J connectivity index is 4.10. The second kappa shape index (κ2) is 8.49. The summed E-state index contributed by atoms with van der Waals surface area (Å²) in [6, 6.07) is -0.681. The highest BCUT2D eigenvalue weighted by Gasteiger charge is 2.19. The van der Waals surface area contributed by atoms with Gasteiger partial charge in [0, 0.05) is 6.42 Å². The fraction of sp³-hybridized carbons (Fsp3) is 0.750. The summed E-state index contributed by atoms with van der Waals surface area (Å²) in [5, 5.41) is 2.52. The molecule has 2 amide bonds. The van der Waals surface area contributed by atoms with Gasteiger partial charge in [0.15, 0.2) is 0 Å². The van der Waals surface area contributed by atoms with Crippen molar-refractivity contribution in [3.63, 3.8) is 0 Å². The highest BCUT2D eigenvalue weighted by molar-refractivity contribution is 5.87. The van der Waals surface area contributed by atoms with Crippen molar-refractivity contribution in [3.8, 4) is 0 Å². The monoisotopic (exact) mass is 258 g/mol. The molecule has 104 valence electrons. The molecular formula is C12H22N2O4. The molecule has 0 heterocycles.